The summed E-state index contributed by atoms with van der Waals surface area (Å²) in [5, 5.41) is 0. The zero-order chi connectivity index (χ0) is 4.50. The molecule has 0 amide bonds. The van der Waals surface area contributed by atoms with E-state index >= 15 is 0 Å². The Hall–Kier alpha value is 2.97. The minimum Gasteiger partial charge on any atom is -0.759 e. The normalized spacial score (nSPS) is 6.44. The maximum Gasteiger partial charge on any atom is 2.00 e. The van der Waals surface area contributed by atoms with Crippen LogP contribution < -0.4 is 59.1 Å². The molecule has 0 unspecified atom stereocenters. The molecule has 43 valence electrons. The van der Waals surface area contributed by atoms with Crippen LogP contribution in [0.25, 0.3) is 0 Å². The third-order valence-corrected chi connectivity index (χ3v) is 0. The molecule has 0 aliphatic heterocycles. The molecule has 0 aromatic heterocycles. The van der Waals surface area contributed by atoms with E-state index in [-0.39, 0.29) is 94.7 Å². The van der Waals surface area contributed by atoms with Crippen molar-refractivity contribution in [2.45, 2.75) is 0 Å². The Bertz CT molecular complexity index is 102. The predicted molar refractivity (Wildman–Crippen MR) is 10.5 cm³/mol. The predicted octanol–water partition coefficient (Wildman–Crippen LogP) is -7.33. The number of hydrogen-bond donors (Lipinski definition) is 0. The Kier molecular flexibility index (Phi) is 44.7. The van der Waals surface area contributed by atoms with Gasteiger partial charge in [0.1, 0.15) is 0 Å². The third-order valence-electron chi connectivity index (χ3n) is 0. The molecule has 0 aromatic rings. The van der Waals surface area contributed by atoms with Gasteiger partial charge in [-0.25, -0.2) is 0 Å². The van der Waals surface area contributed by atoms with E-state index < -0.39 is 10.4 Å². The van der Waals surface area contributed by atoms with E-state index in [9.17, 15) is 0 Å². The van der Waals surface area contributed by atoms with Crippen molar-refractivity contribution in [1.82, 2.24) is 0 Å². The van der Waals surface area contributed by atoms with Gasteiger partial charge in [-0.05, 0) is 0 Å². The molecule has 0 spiro atoms. The molecule has 0 aliphatic rings. The summed E-state index contributed by atoms with van der Waals surface area (Å²) in [7, 11) is -5.17. The van der Waals surface area contributed by atoms with E-state index in [1.807, 2.05) is 0 Å². The Labute approximate surface area is 120 Å². The van der Waals surface area contributed by atoms with Gasteiger partial charge in [-0.1, -0.05) is 0 Å². The van der Waals surface area contributed by atoms with E-state index in [0.29, 0.717) is 0 Å². The van der Waals surface area contributed by atoms with Crippen LogP contribution in [0.2, 0.25) is 0 Å². The van der Waals surface area contributed by atoms with E-state index in [0.717, 1.165) is 0 Å². The largest absolute Gasteiger partial charge is 2.00 e. The molecule has 0 fully saturated rings. The summed E-state index contributed by atoms with van der Waals surface area (Å²) in [6, 6.07) is 0. The molecular formula is FeNa2O4SV+2. The molecule has 0 atom stereocenters. The third kappa shape index (κ3) is 99.9. The van der Waals surface area contributed by atoms with Gasteiger partial charge in [-0.3, -0.25) is 8.42 Å². The molecule has 9 heteroatoms. The molecule has 1 radical (unpaired) electrons. The van der Waals surface area contributed by atoms with Crippen LogP contribution in [0.15, 0.2) is 0 Å². The van der Waals surface area contributed by atoms with Crippen molar-refractivity contribution in [2.75, 3.05) is 0 Å². The summed E-state index contributed by atoms with van der Waals surface area (Å²) in [5.41, 5.74) is 0. The molecule has 0 N–H and O–H groups in total. The van der Waals surface area contributed by atoms with E-state index in [1.165, 1.54) is 0 Å². The zero-order valence-corrected chi connectivity index (χ0v) is 12.2. The average molecular weight is 249 g/mol. The Morgan fingerprint density at radius 3 is 1.00 bits per heavy atom. The Balaban J connectivity index is -0.0000000133. The van der Waals surface area contributed by atoms with Gasteiger partial charge in [-0.2, -0.15) is 0 Å². The smallest absolute Gasteiger partial charge is 0.759 e. The molecule has 9 heavy (non-hydrogen) atoms. The van der Waals surface area contributed by atoms with Crippen molar-refractivity contribution in [3.05, 3.63) is 0 Å². The summed E-state index contributed by atoms with van der Waals surface area (Å²) < 4.78 is 34.1. The fourth-order valence-corrected chi connectivity index (χ4v) is 0. The van der Waals surface area contributed by atoms with Crippen molar-refractivity contribution >= 4 is 10.4 Å². The standard InChI is InChI=1S/Fe.2Na.H2O4S.V/c;;;1-5(2,3)4;/h;;;(H2,1,2,3,4);/q+2;2*+1;;/p-2. The number of rotatable bonds is 0. The van der Waals surface area contributed by atoms with Crippen molar-refractivity contribution < 1.29 is 112 Å². The average Bonchev–Trinajstić information content (AvgIpc) is 0.722. The number of hydrogen-bond acceptors (Lipinski definition) is 4. The van der Waals surface area contributed by atoms with Crippen LogP contribution in [0.5, 0.6) is 0 Å². The maximum atomic E-state index is 8.52. The fraction of sp³-hybridized carbons (Fsp3) is 0. The monoisotopic (exact) mass is 249 g/mol. The van der Waals surface area contributed by atoms with Crippen molar-refractivity contribution in [1.29, 1.82) is 0 Å². The first-order chi connectivity index (χ1) is 2.00. The van der Waals surface area contributed by atoms with Crippen LogP contribution in [0, 0.1) is 0 Å². The summed E-state index contributed by atoms with van der Waals surface area (Å²) >= 11 is 0. The van der Waals surface area contributed by atoms with Gasteiger partial charge in [0, 0.05) is 29.0 Å². The molecule has 0 saturated carbocycles. The molecule has 0 saturated heterocycles. The molecule has 0 rings (SSSR count). The molecule has 0 heterocycles. The topological polar surface area (TPSA) is 80.3 Å². The van der Waals surface area contributed by atoms with Crippen LogP contribution in [0.4, 0.5) is 0 Å². The van der Waals surface area contributed by atoms with Crippen LogP contribution in [0.1, 0.15) is 0 Å². The quantitative estimate of drug-likeness (QED) is 0.242. The second-order valence-corrected chi connectivity index (χ2v) is 1.22. The zero-order valence-electron chi connectivity index (χ0n) is 4.84. The summed E-state index contributed by atoms with van der Waals surface area (Å²) in [6.45, 7) is 0. The van der Waals surface area contributed by atoms with Gasteiger partial charge in [-0.15, -0.1) is 0 Å². The Morgan fingerprint density at radius 2 is 1.00 bits per heavy atom. The van der Waals surface area contributed by atoms with Crippen molar-refractivity contribution in [3.63, 3.8) is 0 Å². The van der Waals surface area contributed by atoms with Crippen LogP contribution >= 0.6 is 0 Å². The van der Waals surface area contributed by atoms with E-state index in [2.05, 4.69) is 0 Å². The minimum atomic E-state index is -5.17. The molecular weight excluding hydrogens is 249 g/mol. The van der Waals surface area contributed by atoms with Crippen LogP contribution in [-0.4, -0.2) is 17.5 Å². The molecule has 0 aliphatic carbocycles. The van der Waals surface area contributed by atoms with Gasteiger partial charge in [0.2, 0.25) is 0 Å². The van der Waals surface area contributed by atoms with Crippen LogP contribution in [0.3, 0.4) is 0 Å². The van der Waals surface area contributed by atoms with Crippen LogP contribution in [-0.2, 0) is 46.0 Å². The maximum absolute atomic E-state index is 8.52. The van der Waals surface area contributed by atoms with Crippen molar-refractivity contribution in [2.24, 2.45) is 0 Å². The van der Waals surface area contributed by atoms with E-state index in [4.69, 9.17) is 17.5 Å². The van der Waals surface area contributed by atoms with Crippen molar-refractivity contribution in [3.8, 4) is 0 Å². The van der Waals surface area contributed by atoms with Gasteiger partial charge in [0.15, 0.2) is 0 Å². The first kappa shape index (κ1) is 29.6. The summed E-state index contributed by atoms with van der Waals surface area (Å²) in [6.07, 6.45) is 0. The van der Waals surface area contributed by atoms with Gasteiger partial charge in [0.05, 0.1) is 0 Å². The SMILES string of the molecule is O=S(=O)([O-])[O-].[Fe+2].[Na+].[Na+].[V]. The molecule has 0 aromatic carbocycles. The molecule has 0 bridgehead atoms. The van der Waals surface area contributed by atoms with Gasteiger partial charge < -0.3 is 9.11 Å². The van der Waals surface area contributed by atoms with Gasteiger partial charge >= 0.3 is 76.2 Å². The summed E-state index contributed by atoms with van der Waals surface area (Å²) in [5.74, 6) is 0. The second-order valence-electron chi connectivity index (χ2n) is 0.408. The van der Waals surface area contributed by atoms with E-state index in [1.54, 1.807) is 0 Å². The first-order valence-electron chi connectivity index (χ1n) is 0.667. The minimum absolute atomic E-state index is 0. The second kappa shape index (κ2) is 13.6. The first-order valence-corrected chi connectivity index (χ1v) is 2.00. The fourth-order valence-electron chi connectivity index (χ4n) is 0. The van der Waals surface area contributed by atoms with Gasteiger partial charge in [0.25, 0.3) is 0 Å². The molecule has 4 nitrogen and oxygen atoms in total. The Morgan fingerprint density at radius 1 is 1.00 bits per heavy atom. The summed E-state index contributed by atoms with van der Waals surface area (Å²) in [4.78, 5) is 0.